The van der Waals surface area contributed by atoms with Crippen molar-refractivity contribution in [3.63, 3.8) is 0 Å². The Kier molecular flexibility index (Phi) is 2.64. The highest BCUT2D eigenvalue weighted by Crippen LogP contribution is 2.26. The summed E-state index contributed by atoms with van der Waals surface area (Å²) in [6, 6.07) is 0. The van der Waals surface area contributed by atoms with E-state index in [1.54, 1.807) is 0 Å². The van der Waals surface area contributed by atoms with Gasteiger partial charge in [-0.2, -0.15) is 0 Å². The molecule has 0 aromatic rings. The van der Waals surface area contributed by atoms with E-state index in [1.807, 2.05) is 6.08 Å². The molecule has 0 aromatic carbocycles. The summed E-state index contributed by atoms with van der Waals surface area (Å²) in [5, 5.41) is 0. The van der Waals surface area contributed by atoms with Crippen molar-refractivity contribution in [3.05, 3.63) is 22.8 Å². The summed E-state index contributed by atoms with van der Waals surface area (Å²) in [5.41, 5.74) is 3.68. The Bertz CT molecular complexity index is 221. The van der Waals surface area contributed by atoms with Gasteiger partial charge in [0, 0.05) is 0 Å². The zero-order chi connectivity index (χ0) is 8.27. The first-order chi connectivity index (χ1) is 5.27. The van der Waals surface area contributed by atoms with Crippen LogP contribution in [0.25, 0.3) is 0 Å². The van der Waals surface area contributed by atoms with E-state index in [-0.39, 0.29) is 0 Å². The maximum atomic E-state index is 10.4. The van der Waals surface area contributed by atoms with E-state index < -0.39 is 0 Å². The lowest BCUT2D eigenvalue weighted by Gasteiger charge is -1.99. The molecule has 0 bridgehead atoms. The molecule has 1 rings (SSSR count). The molecule has 0 saturated heterocycles. The summed E-state index contributed by atoms with van der Waals surface area (Å²) >= 11 is 0. The lowest BCUT2D eigenvalue weighted by Crippen LogP contribution is -1.83. The molecule has 0 saturated carbocycles. The van der Waals surface area contributed by atoms with Gasteiger partial charge in [0.2, 0.25) is 0 Å². The van der Waals surface area contributed by atoms with E-state index >= 15 is 0 Å². The van der Waals surface area contributed by atoms with Gasteiger partial charge in [0.05, 0.1) is 0 Å². The molecule has 0 heterocycles. The highest BCUT2D eigenvalue weighted by atomic mass is 16.1. The molecule has 0 atom stereocenters. The molecule has 0 spiro atoms. The largest absolute Gasteiger partial charge is 0.298 e. The second-order valence-corrected chi connectivity index (χ2v) is 3.05. The van der Waals surface area contributed by atoms with Crippen LogP contribution in [0.15, 0.2) is 22.8 Å². The van der Waals surface area contributed by atoms with Gasteiger partial charge >= 0.3 is 0 Å². The van der Waals surface area contributed by atoms with Gasteiger partial charge in [-0.05, 0) is 25.3 Å². The van der Waals surface area contributed by atoms with Gasteiger partial charge in [0.25, 0.3) is 0 Å². The maximum absolute atomic E-state index is 10.4. The molecule has 1 nitrogen and oxygen atoms in total. The third kappa shape index (κ3) is 1.79. The lowest BCUT2D eigenvalue weighted by atomic mass is 10.1. The molecule has 0 radical (unpaired) electrons. The van der Waals surface area contributed by atoms with Crippen LogP contribution in [0.2, 0.25) is 0 Å². The SMILES string of the molecule is CCCC1=C(C)C=C(C=O)C1. The van der Waals surface area contributed by atoms with Crippen LogP contribution in [0.3, 0.4) is 0 Å². The molecule has 0 aromatic heterocycles. The van der Waals surface area contributed by atoms with Crippen molar-refractivity contribution >= 4 is 6.29 Å². The summed E-state index contributed by atoms with van der Waals surface area (Å²) in [7, 11) is 0. The van der Waals surface area contributed by atoms with Gasteiger partial charge in [0.1, 0.15) is 6.29 Å². The molecule has 11 heavy (non-hydrogen) atoms. The Morgan fingerprint density at radius 3 is 2.82 bits per heavy atom. The number of aldehydes is 1. The predicted molar refractivity (Wildman–Crippen MR) is 46.4 cm³/mol. The topological polar surface area (TPSA) is 17.1 Å². The normalized spacial score (nSPS) is 17.1. The molecule has 0 aliphatic heterocycles. The fourth-order valence-electron chi connectivity index (χ4n) is 1.48. The van der Waals surface area contributed by atoms with E-state index in [0.717, 1.165) is 24.7 Å². The smallest absolute Gasteiger partial charge is 0.146 e. The van der Waals surface area contributed by atoms with E-state index in [4.69, 9.17) is 0 Å². The first kappa shape index (κ1) is 8.25. The van der Waals surface area contributed by atoms with Crippen LogP contribution >= 0.6 is 0 Å². The maximum Gasteiger partial charge on any atom is 0.146 e. The minimum absolute atomic E-state index is 0.892. The molecular formula is C10H14O. The van der Waals surface area contributed by atoms with Gasteiger partial charge < -0.3 is 0 Å². The number of hydrogen-bond donors (Lipinski definition) is 0. The average molecular weight is 150 g/mol. The summed E-state index contributed by atoms with van der Waals surface area (Å²) in [4.78, 5) is 10.4. The van der Waals surface area contributed by atoms with Crippen molar-refractivity contribution in [3.8, 4) is 0 Å². The molecule has 60 valence electrons. The Morgan fingerprint density at radius 2 is 2.36 bits per heavy atom. The van der Waals surface area contributed by atoms with Crippen LogP contribution in [0, 0.1) is 0 Å². The Balaban J connectivity index is 2.62. The summed E-state index contributed by atoms with van der Waals surface area (Å²) in [6.07, 6.45) is 6.17. The molecule has 1 heteroatoms. The first-order valence-corrected chi connectivity index (χ1v) is 4.12. The molecule has 0 amide bonds. The Morgan fingerprint density at radius 1 is 1.64 bits per heavy atom. The lowest BCUT2D eigenvalue weighted by molar-refractivity contribution is -0.104. The number of carbonyl (C=O) groups excluding carboxylic acids is 1. The third-order valence-electron chi connectivity index (χ3n) is 2.08. The van der Waals surface area contributed by atoms with Gasteiger partial charge in [-0.3, -0.25) is 4.79 Å². The van der Waals surface area contributed by atoms with Crippen LogP contribution in [0.1, 0.15) is 33.1 Å². The van der Waals surface area contributed by atoms with Crippen LogP contribution in [0.4, 0.5) is 0 Å². The van der Waals surface area contributed by atoms with Crippen molar-refractivity contribution in [2.75, 3.05) is 0 Å². The van der Waals surface area contributed by atoms with Crippen molar-refractivity contribution in [1.82, 2.24) is 0 Å². The van der Waals surface area contributed by atoms with Crippen LogP contribution in [-0.4, -0.2) is 6.29 Å². The molecular weight excluding hydrogens is 136 g/mol. The van der Waals surface area contributed by atoms with E-state index in [2.05, 4.69) is 13.8 Å². The second kappa shape index (κ2) is 3.51. The number of allylic oxidation sites excluding steroid dienone is 4. The molecule has 1 aliphatic rings. The summed E-state index contributed by atoms with van der Waals surface area (Å²) in [6.45, 7) is 4.25. The zero-order valence-corrected chi connectivity index (χ0v) is 7.18. The first-order valence-electron chi connectivity index (χ1n) is 4.12. The van der Waals surface area contributed by atoms with Crippen LogP contribution in [-0.2, 0) is 4.79 Å². The summed E-state index contributed by atoms with van der Waals surface area (Å²) in [5.74, 6) is 0. The molecule has 1 aliphatic carbocycles. The Labute approximate surface area is 67.8 Å². The quantitative estimate of drug-likeness (QED) is 0.565. The van der Waals surface area contributed by atoms with Gasteiger partial charge in [0.15, 0.2) is 0 Å². The molecule has 0 N–H and O–H groups in total. The van der Waals surface area contributed by atoms with Gasteiger partial charge in [-0.15, -0.1) is 0 Å². The van der Waals surface area contributed by atoms with Crippen LogP contribution in [0.5, 0.6) is 0 Å². The number of rotatable bonds is 3. The highest BCUT2D eigenvalue weighted by molar-refractivity contribution is 5.77. The van der Waals surface area contributed by atoms with Gasteiger partial charge in [-0.1, -0.05) is 30.6 Å². The van der Waals surface area contributed by atoms with Crippen molar-refractivity contribution < 1.29 is 4.79 Å². The van der Waals surface area contributed by atoms with E-state index in [0.29, 0.717) is 0 Å². The van der Waals surface area contributed by atoms with Crippen LogP contribution < -0.4 is 0 Å². The van der Waals surface area contributed by atoms with Crippen molar-refractivity contribution in [1.29, 1.82) is 0 Å². The Hall–Kier alpha value is -0.850. The monoisotopic (exact) mass is 150 g/mol. The van der Waals surface area contributed by atoms with Crippen molar-refractivity contribution in [2.24, 2.45) is 0 Å². The average Bonchev–Trinajstić information content (AvgIpc) is 2.33. The number of hydrogen-bond acceptors (Lipinski definition) is 1. The van der Waals surface area contributed by atoms with Gasteiger partial charge in [-0.25, -0.2) is 0 Å². The highest BCUT2D eigenvalue weighted by Gasteiger charge is 2.10. The van der Waals surface area contributed by atoms with E-state index in [9.17, 15) is 4.79 Å². The minimum Gasteiger partial charge on any atom is -0.298 e. The number of carbonyl (C=O) groups is 1. The molecule has 0 fully saturated rings. The van der Waals surface area contributed by atoms with Crippen molar-refractivity contribution in [2.45, 2.75) is 33.1 Å². The molecule has 0 unspecified atom stereocenters. The third-order valence-corrected chi connectivity index (χ3v) is 2.08. The fraction of sp³-hybridized carbons (Fsp3) is 0.500. The summed E-state index contributed by atoms with van der Waals surface area (Å²) < 4.78 is 0. The fourth-order valence-corrected chi connectivity index (χ4v) is 1.48. The second-order valence-electron chi connectivity index (χ2n) is 3.05. The predicted octanol–water partition coefficient (Wildman–Crippen LogP) is 2.63. The standard InChI is InChI=1S/C10H14O/c1-3-4-10-6-9(7-11)5-8(10)2/h5,7H,3-4,6H2,1-2H3. The van der Waals surface area contributed by atoms with E-state index in [1.165, 1.54) is 17.6 Å². The zero-order valence-electron chi connectivity index (χ0n) is 7.18. The minimum atomic E-state index is 0.892.